The number of carboxylic acid groups (broad SMARTS) is 1. The second-order valence-electron chi connectivity index (χ2n) is 4.05. The van der Waals surface area contributed by atoms with Gasteiger partial charge in [0.25, 0.3) is 0 Å². The molecule has 0 heterocycles. The Hall–Kier alpha value is -2.41. The van der Waals surface area contributed by atoms with Crippen LogP contribution in [0.2, 0.25) is 0 Å². The van der Waals surface area contributed by atoms with E-state index < -0.39 is 23.8 Å². The number of benzene rings is 1. The van der Waals surface area contributed by atoms with E-state index >= 15 is 0 Å². The van der Waals surface area contributed by atoms with E-state index in [-0.39, 0.29) is 12.0 Å². The van der Waals surface area contributed by atoms with E-state index in [0.29, 0.717) is 11.3 Å². The highest BCUT2D eigenvalue weighted by Gasteiger charge is 2.18. The number of nitrogens with two attached hydrogens (primary N) is 2. The molecular formula is C12H15N3O4. The van der Waals surface area contributed by atoms with Gasteiger partial charge in [0, 0.05) is 5.69 Å². The maximum Gasteiger partial charge on any atom is 0.336 e. The van der Waals surface area contributed by atoms with Crippen LogP contribution in [0.25, 0.3) is 0 Å². The maximum atomic E-state index is 11.7. The third-order valence-electron chi connectivity index (χ3n) is 2.58. The molecule has 0 fully saturated rings. The predicted molar refractivity (Wildman–Crippen MR) is 68.6 cm³/mol. The van der Waals surface area contributed by atoms with Crippen molar-refractivity contribution in [3.05, 3.63) is 29.3 Å². The molecule has 0 aromatic heterocycles. The Balaban J connectivity index is 2.88. The average molecular weight is 265 g/mol. The molecule has 19 heavy (non-hydrogen) atoms. The first kappa shape index (κ1) is 14.7. The zero-order valence-corrected chi connectivity index (χ0v) is 10.3. The van der Waals surface area contributed by atoms with Crippen LogP contribution in [-0.2, 0) is 9.59 Å². The van der Waals surface area contributed by atoms with E-state index in [4.69, 9.17) is 16.6 Å². The molecule has 6 N–H and O–H groups in total. The highest BCUT2D eigenvalue weighted by atomic mass is 16.4. The number of amides is 2. The first-order valence-corrected chi connectivity index (χ1v) is 5.50. The van der Waals surface area contributed by atoms with Gasteiger partial charge in [-0.1, -0.05) is 6.07 Å². The summed E-state index contributed by atoms with van der Waals surface area (Å²) in [6.45, 7) is 1.57. The number of primary amides is 1. The van der Waals surface area contributed by atoms with Crippen molar-refractivity contribution in [2.24, 2.45) is 11.5 Å². The molecule has 7 heteroatoms. The van der Waals surface area contributed by atoms with Crippen LogP contribution >= 0.6 is 0 Å². The second-order valence-corrected chi connectivity index (χ2v) is 4.05. The van der Waals surface area contributed by atoms with Gasteiger partial charge in [0.2, 0.25) is 11.8 Å². The van der Waals surface area contributed by atoms with Crippen LogP contribution in [0, 0.1) is 6.92 Å². The normalized spacial score (nSPS) is 11.7. The molecule has 7 nitrogen and oxygen atoms in total. The quantitative estimate of drug-likeness (QED) is 0.586. The fourth-order valence-corrected chi connectivity index (χ4v) is 1.54. The minimum atomic E-state index is -1.09. The Labute approximate surface area is 109 Å². The van der Waals surface area contributed by atoms with Crippen LogP contribution in [0.5, 0.6) is 0 Å². The summed E-state index contributed by atoms with van der Waals surface area (Å²) in [5.74, 6) is -2.36. The van der Waals surface area contributed by atoms with Crippen LogP contribution < -0.4 is 16.8 Å². The van der Waals surface area contributed by atoms with Crippen molar-refractivity contribution >= 4 is 23.5 Å². The first-order chi connectivity index (χ1) is 8.82. The van der Waals surface area contributed by atoms with E-state index in [1.807, 2.05) is 0 Å². The molecule has 0 aliphatic heterocycles. The van der Waals surface area contributed by atoms with E-state index in [9.17, 15) is 14.4 Å². The Morgan fingerprint density at radius 1 is 1.37 bits per heavy atom. The summed E-state index contributed by atoms with van der Waals surface area (Å²) in [5, 5.41) is 11.4. The van der Waals surface area contributed by atoms with Crippen LogP contribution in [0.1, 0.15) is 22.3 Å². The van der Waals surface area contributed by atoms with Gasteiger partial charge in [-0.3, -0.25) is 9.59 Å². The fourth-order valence-electron chi connectivity index (χ4n) is 1.54. The van der Waals surface area contributed by atoms with Gasteiger partial charge in [-0.2, -0.15) is 0 Å². The van der Waals surface area contributed by atoms with Gasteiger partial charge >= 0.3 is 5.97 Å². The standard InChI is InChI=1S/C12H15N3O4/c1-6-7(12(18)19)3-2-4-9(6)15-11(17)8(13)5-10(14)16/h2-4,8H,5,13H2,1H3,(H2,14,16)(H,15,17)(H,18,19). The molecule has 1 rings (SSSR count). The third kappa shape index (κ3) is 3.78. The Bertz CT molecular complexity index is 528. The Kier molecular flexibility index (Phi) is 4.60. The largest absolute Gasteiger partial charge is 0.478 e. The van der Waals surface area contributed by atoms with Crippen LogP contribution in [0.3, 0.4) is 0 Å². The topological polar surface area (TPSA) is 136 Å². The minimum Gasteiger partial charge on any atom is -0.478 e. The van der Waals surface area contributed by atoms with Crippen molar-refractivity contribution in [3.8, 4) is 0 Å². The molecule has 0 aliphatic rings. The summed E-state index contributed by atoms with van der Waals surface area (Å²) in [4.78, 5) is 33.3. The summed E-state index contributed by atoms with van der Waals surface area (Å²) in [7, 11) is 0. The van der Waals surface area contributed by atoms with Crippen molar-refractivity contribution in [2.75, 3.05) is 5.32 Å². The number of aromatic carboxylic acids is 1. The molecule has 2 amide bonds. The van der Waals surface area contributed by atoms with Crippen molar-refractivity contribution in [1.29, 1.82) is 0 Å². The van der Waals surface area contributed by atoms with Crippen molar-refractivity contribution < 1.29 is 19.5 Å². The monoisotopic (exact) mass is 265 g/mol. The van der Waals surface area contributed by atoms with Gasteiger partial charge in [0.1, 0.15) is 0 Å². The molecule has 0 saturated heterocycles. The smallest absolute Gasteiger partial charge is 0.336 e. The summed E-state index contributed by atoms with van der Waals surface area (Å²) in [5.41, 5.74) is 11.3. The lowest BCUT2D eigenvalue weighted by molar-refractivity contribution is -0.123. The van der Waals surface area contributed by atoms with E-state index in [1.54, 1.807) is 13.0 Å². The average Bonchev–Trinajstić information content (AvgIpc) is 2.30. The van der Waals surface area contributed by atoms with Crippen LogP contribution in [0.4, 0.5) is 5.69 Å². The van der Waals surface area contributed by atoms with E-state index in [1.165, 1.54) is 12.1 Å². The number of carbonyl (C=O) groups excluding carboxylic acids is 2. The zero-order valence-electron chi connectivity index (χ0n) is 10.3. The lowest BCUT2D eigenvalue weighted by Gasteiger charge is -2.13. The summed E-state index contributed by atoms with van der Waals surface area (Å²) in [6, 6.07) is 3.42. The summed E-state index contributed by atoms with van der Waals surface area (Å²) < 4.78 is 0. The Morgan fingerprint density at radius 3 is 2.53 bits per heavy atom. The molecule has 0 spiro atoms. The van der Waals surface area contributed by atoms with Crippen LogP contribution in [-0.4, -0.2) is 28.9 Å². The lowest BCUT2D eigenvalue weighted by atomic mass is 10.1. The zero-order chi connectivity index (χ0) is 14.6. The molecular weight excluding hydrogens is 250 g/mol. The fraction of sp³-hybridized carbons (Fsp3) is 0.250. The van der Waals surface area contributed by atoms with Gasteiger partial charge in [-0.15, -0.1) is 0 Å². The number of nitrogens with one attached hydrogen (secondary N) is 1. The molecule has 1 aromatic rings. The number of anilines is 1. The molecule has 1 unspecified atom stereocenters. The van der Waals surface area contributed by atoms with Crippen LogP contribution in [0.15, 0.2) is 18.2 Å². The van der Waals surface area contributed by atoms with E-state index in [2.05, 4.69) is 5.32 Å². The number of hydrogen-bond donors (Lipinski definition) is 4. The van der Waals surface area contributed by atoms with Gasteiger partial charge < -0.3 is 21.9 Å². The highest BCUT2D eigenvalue weighted by molar-refractivity contribution is 5.99. The summed E-state index contributed by atoms with van der Waals surface area (Å²) in [6.07, 6.45) is -0.274. The number of rotatable bonds is 5. The van der Waals surface area contributed by atoms with Crippen molar-refractivity contribution in [3.63, 3.8) is 0 Å². The summed E-state index contributed by atoms with van der Waals surface area (Å²) >= 11 is 0. The SMILES string of the molecule is Cc1c(NC(=O)C(N)CC(N)=O)cccc1C(=O)O. The third-order valence-corrected chi connectivity index (χ3v) is 2.58. The van der Waals surface area contributed by atoms with Gasteiger partial charge in [-0.25, -0.2) is 4.79 Å². The molecule has 1 atom stereocenters. The van der Waals surface area contributed by atoms with Gasteiger partial charge in [0.05, 0.1) is 18.0 Å². The van der Waals surface area contributed by atoms with Gasteiger partial charge in [0.15, 0.2) is 0 Å². The molecule has 0 radical (unpaired) electrons. The maximum absolute atomic E-state index is 11.7. The van der Waals surface area contributed by atoms with Crippen molar-refractivity contribution in [1.82, 2.24) is 0 Å². The molecule has 0 bridgehead atoms. The number of carbonyl (C=O) groups is 3. The van der Waals surface area contributed by atoms with Crippen molar-refractivity contribution in [2.45, 2.75) is 19.4 Å². The van der Waals surface area contributed by atoms with E-state index in [0.717, 1.165) is 0 Å². The first-order valence-electron chi connectivity index (χ1n) is 5.50. The minimum absolute atomic E-state index is 0.0845. The number of hydrogen-bond acceptors (Lipinski definition) is 4. The second kappa shape index (κ2) is 5.96. The number of carboxylic acids is 1. The lowest BCUT2D eigenvalue weighted by Crippen LogP contribution is -2.39. The Morgan fingerprint density at radius 2 is 2.00 bits per heavy atom. The predicted octanol–water partition coefficient (Wildman–Crippen LogP) is -0.166. The molecule has 102 valence electrons. The molecule has 1 aromatic carbocycles. The van der Waals surface area contributed by atoms with Gasteiger partial charge in [-0.05, 0) is 24.6 Å². The highest BCUT2D eigenvalue weighted by Crippen LogP contribution is 2.19. The molecule has 0 aliphatic carbocycles. The molecule has 0 saturated carbocycles.